The molecule has 0 amide bonds. The summed E-state index contributed by atoms with van der Waals surface area (Å²) in [6.45, 7) is 5.13. The van der Waals surface area contributed by atoms with Crippen LogP contribution in [0.15, 0.2) is 0 Å². The molecule has 9 heteroatoms. The fourth-order valence-electron chi connectivity index (χ4n) is 2.37. The first-order chi connectivity index (χ1) is 11.2. The van der Waals surface area contributed by atoms with Crippen molar-refractivity contribution in [1.29, 1.82) is 0 Å². The van der Waals surface area contributed by atoms with E-state index in [2.05, 4.69) is 0 Å². The summed E-state index contributed by atoms with van der Waals surface area (Å²) in [6, 6.07) is 0. The smallest absolute Gasteiger partial charge is 0.305 e. The summed E-state index contributed by atoms with van der Waals surface area (Å²) in [7, 11) is 0. The summed E-state index contributed by atoms with van der Waals surface area (Å²) < 4.78 is 21.0. The zero-order valence-corrected chi connectivity index (χ0v) is 14.9. The molecule has 0 aromatic heterocycles. The molecule has 24 heavy (non-hydrogen) atoms. The van der Waals surface area contributed by atoms with Gasteiger partial charge in [0.25, 0.3) is 0 Å². The minimum Gasteiger partial charge on any atom is -0.465 e. The molecule has 1 heterocycles. The van der Waals surface area contributed by atoms with Gasteiger partial charge in [0.05, 0.1) is 12.0 Å². The van der Waals surface area contributed by atoms with E-state index in [9.17, 15) is 19.2 Å². The van der Waals surface area contributed by atoms with Crippen molar-refractivity contribution in [2.75, 3.05) is 12.4 Å². The second-order valence-corrected chi connectivity index (χ2v) is 6.59. The summed E-state index contributed by atoms with van der Waals surface area (Å²) in [6.07, 6.45) is -1.98. The van der Waals surface area contributed by atoms with Gasteiger partial charge in [-0.2, -0.15) is 0 Å². The lowest BCUT2D eigenvalue weighted by Crippen LogP contribution is -2.37. The molecule has 0 bridgehead atoms. The summed E-state index contributed by atoms with van der Waals surface area (Å²) in [5.74, 6) is -1.63. The highest BCUT2D eigenvalue weighted by atomic mass is 32.2. The lowest BCUT2D eigenvalue weighted by atomic mass is 9.97. The molecule has 1 aliphatic heterocycles. The molecule has 136 valence electrons. The maximum atomic E-state index is 11.3. The minimum atomic E-state index is -1.07. The van der Waals surface area contributed by atoms with Crippen LogP contribution < -0.4 is 0 Å². The standard InChI is InChI=1S/C15H22O8S/c1-8(16)20-7-12-13(5-6-24-11(4)19)23-15(22-10(3)18)14(12)21-9(2)17/h12-15H,5-7H2,1-4H3. The fourth-order valence-corrected chi connectivity index (χ4v) is 3.01. The predicted octanol–water partition coefficient (Wildman–Crippen LogP) is 1.06. The average molecular weight is 362 g/mol. The van der Waals surface area contributed by atoms with Crippen LogP contribution in [0.5, 0.6) is 0 Å². The predicted molar refractivity (Wildman–Crippen MR) is 83.9 cm³/mol. The lowest BCUT2D eigenvalue weighted by molar-refractivity contribution is -0.194. The van der Waals surface area contributed by atoms with Crippen molar-refractivity contribution in [2.45, 2.75) is 52.6 Å². The number of esters is 3. The number of thioether (sulfide) groups is 1. The molecule has 0 aromatic carbocycles. The van der Waals surface area contributed by atoms with Gasteiger partial charge in [0, 0.05) is 33.4 Å². The van der Waals surface area contributed by atoms with Crippen LogP contribution in [-0.4, -0.2) is 53.9 Å². The molecule has 0 aromatic rings. The van der Waals surface area contributed by atoms with Crippen molar-refractivity contribution in [2.24, 2.45) is 5.92 Å². The van der Waals surface area contributed by atoms with E-state index in [0.29, 0.717) is 12.2 Å². The molecule has 1 saturated heterocycles. The third-order valence-electron chi connectivity index (χ3n) is 3.25. The van der Waals surface area contributed by atoms with Crippen molar-refractivity contribution in [3.8, 4) is 0 Å². The Balaban J connectivity index is 2.87. The van der Waals surface area contributed by atoms with E-state index < -0.39 is 42.3 Å². The number of rotatable bonds is 7. The Morgan fingerprint density at radius 1 is 0.958 bits per heavy atom. The highest BCUT2D eigenvalue weighted by Gasteiger charge is 2.48. The SMILES string of the molecule is CC(=O)OCC1C(CCSC(C)=O)OC(OC(C)=O)C1OC(C)=O. The van der Waals surface area contributed by atoms with Crippen molar-refractivity contribution >= 4 is 34.8 Å². The Kier molecular flexibility index (Phi) is 8.20. The van der Waals surface area contributed by atoms with Crippen LogP contribution in [0.25, 0.3) is 0 Å². The Morgan fingerprint density at radius 3 is 2.08 bits per heavy atom. The van der Waals surface area contributed by atoms with Crippen molar-refractivity contribution in [1.82, 2.24) is 0 Å². The fraction of sp³-hybridized carbons (Fsp3) is 0.733. The summed E-state index contributed by atoms with van der Waals surface area (Å²) in [4.78, 5) is 44.7. The first-order valence-electron chi connectivity index (χ1n) is 7.47. The first kappa shape index (κ1) is 20.4. The van der Waals surface area contributed by atoms with E-state index in [1.807, 2.05) is 0 Å². The van der Waals surface area contributed by atoms with Crippen LogP contribution >= 0.6 is 11.8 Å². The van der Waals surface area contributed by atoms with E-state index in [1.54, 1.807) is 0 Å². The molecule has 1 fully saturated rings. The van der Waals surface area contributed by atoms with Gasteiger partial charge in [0.2, 0.25) is 6.29 Å². The van der Waals surface area contributed by atoms with Gasteiger partial charge in [-0.15, -0.1) is 0 Å². The third-order valence-corrected chi connectivity index (χ3v) is 4.09. The normalized spacial score (nSPS) is 25.8. The number of carbonyl (C=O) groups is 4. The number of ether oxygens (including phenoxy) is 4. The van der Waals surface area contributed by atoms with E-state index in [0.717, 1.165) is 11.8 Å². The molecular weight excluding hydrogens is 340 g/mol. The van der Waals surface area contributed by atoms with E-state index in [4.69, 9.17) is 18.9 Å². The van der Waals surface area contributed by atoms with Crippen molar-refractivity contribution in [3.05, 3.63) is 0 Å². The van der Waals surface area contributed by atoms with Crippen molar-refractivity contribution < 1.29 is 38.1 Å². The second kappa shape index (κ2) is 9.63. The summed E-state index contributed by atoms with van der Waals surface area (Å²) in [5, 5.41) is -0.0300. The van der Waals surface area contributed by atoms with Crippen LogP contribution in [0.1, 0.15) is 34.1 Å². The van der Waals surface area contributed by atoms with Crippen LogP contribution in [0.4, 0.5) is 0 Å². The van der Waals surface area contributed by atoms with Crippen LogP contribution in [0.3, 0.4) is 0 Å². The highest BCUT2D eigenvalue weighted by molar-refractivity contribution is 8.13. The minimum absolute atomic E-state index is 0.0300. The van der Waals surface area contributed by atoms with Gasteiger partial charge in [-0.3, -0.25) is 19.2 Å². The monoisotopic (exact) mass is 362 g/mol. The molecule has 4 unspecified atom stereocenters. The van der Waals surface area contributed by atoms with Gasteiger partial charge in [-0.25, -0.2) is 0 Å². The Morgan fingerprint density at radius 2 is 1.58 bits per heavy atom. The quantitative estimate of drug-likeness (QED) is 0.485. The highest BCUT2D eigenvalue weighted by Crippen LogP contribution is 2.33. The van der Waals surface area contributed by atoms with E-state index in [-0.39, 0.29) is 11.7 Å². The molecule has 0 N–H and O–H groups in total. The van der Waals surface area contributed by atoms with E-state index in [1.165, 1.54) is 27.7 Å². The second-order valence-electron chi connectivity index (χ2n) is 5.32. The van der Waals surface area contributed by atoms with Gasteiger partial charge >= 0.3 is 17.9 Å². The van der Waals surface area contributed by atoms with Crippen LogP contribution in [-0.2, 0) is 38.1 Å². The van der Waals surface area contributed by atoms with Gasteiger partial charge in [0.15, 0.2) is 11.2 Å². The molecule has 1 rings (SSSR count). The molecule has 0 radical (unpaired) electrons. The Bertz CT molecular complexity index is 492. The zero-order chi connectivity index (χ0) is 18.3. The number of hydrogen-bond acceptors (Lipinski definition) is 9. The molecule has 0 saturated carbocycles. The van der Waals surface area contributed by atoms with Crippen LogP contribution in [0, 0.1) is 5.92 Å². The molecule has 0 spiro atoms. The largest absolute Gasteiger partial charge is 0.465 e. The first-order valence-corrected chi connectivity index (χ1v) is 8.46. The average Bonchev–Trinajstić information content (AvgIpc) is 2.72. The molecule has 1 aliphatic rings. The van der Waals surface area contributed by atoms with Crippen molar-refractivity contribution in [3.63, 3.8) is 0 Å². The summed E-state index contributed by atoms with van der Waals surface area (Å²) in [5.41, 5.74) is 0. The maximum absolute atomic E-state index is 11.3. The molecule has 0 aliphatic carbocycles. The molecule has 8 nitrogen and oxygen atoms in total. The van der Waals surface area contributed by atoms with Gasteiger partial charge in [0.1, 0.15) is 6.61 Å². The van der Waals surface area contributed by atoms with Gasteiger partial charge in [-0.1, -0.05) is 11.8 Å². The van der Waals surface area contributed by atoms with E-state index >= 15 is 0 Å². The molecular formula is C15H22O8S. The Hall–Kier alpha value is -1.61. The Labute approximate surface area is 144 Å². The topological polar surface area (TPSA) is 105 Å². The van der Waals surface area contributed by atoms with Gasteiger partial charge in [-0.05, 0) is 6.42 Å². The maximum Gasteiger partial charge on any atom is 0.305 e. The molecule has 4 atom stereocenters. The van der Waals surface area contributed by atoms with Crippen LogP contribution in [0.2, 0.25) is 0 Å². The number of hydrogen-bond donors (Lipinski definition) is 0. The lowest BCUT2D eigenvalue weighted by Gasteiger charge is -2.22. The summed E-state index contributed by atoms with van der Waals surface area (Å²) >= 11 is 1.13. The number of carbonyl (C=O) groups excluding carboxylic acids is 4. The zero-order valence-electron chi connectivity index (χ0n) is 14.1. The van der Waals surface area contributed by atoms with Gasteiger partial charge < -0.3 is 18.9 Å². The third kappa shape index (κ3) is 6.88.